The van der Waals surface area contributed by atoms with Gasteiger partial charge in [0.15, 0.2) is 9.84 Å². The van der Waals surface area contributed by atoms with Crippen LogP contribution in [0.4, 0.5) is 0 Å². The summed E-state index contributed by atoms with van der Waals surface area (Å²) in [6.45, 7) is 5.25. The highest BCUT2D eigenvalue weighted by molar-refractivity contribution is 7.92. The average molecular weight is 241 g/mol. The Morgan fingerprint density at radius 2 is 1.50 bits per heavy atom. The molecule has 0 aliphatic carbocycles. The number of hydrogen-bond acceptors (Lipinski definition) is 2. The highest BCUT2D eigenvalue weighted by Gasteiger charge is 2.27. The summed E-state index contributed by atoms with van der Waals surface area (Å²) in [6.07, 6.45) is 3.73. The molecule has 14 heavy (non-hydrogen) atoms. The molecule has 0 saturated carbocycles. The van der Waals surface area contributed by atoms with Gasteiger partial charge in [-0.25, -0.2) is 8.42 Å². The van der Waals surface area contributed by atoms with E-state index in [1.165, 1.54) is 0 Å². The van der Waals surface area contributed by atoms with Crippen LogP contribution in [0.2, 0.25) is 0 Å². The van der Waals surface area contributed by atoms with Gasteiger partial charge in [0.1, 0.15) is 0 Å². The predicted molar refractivity (Wildman–Crippen MR) is 62.7 cm³/mol. The van der Waals surface area contributed by atoms with Crippen molar-refractivity contribution in [3.8, 4) is 0 Å². The van der Waals surface area contributed by atoms with Gasteiger partial charge in [0, 0.05) is 5.88 Å². The van der Waals surface area contributed by atoms with Gasteiger partial charge >= 0.3 is 0 Å². The summed E-state index contributed by atoms with van der Waals surface area (Å²) in [5.41, 5.74) is 0. The van der Waals surface area contributed by atoms with E-state index in [0.717, 1.165) is 25.7 Å². The first-order valence-corrected chi connectivity index (χ1v) is 7.28. The third-order valence-corrected chi connectivity index (χ3v) is 5.19. The Bertz CT molecular complexity index is 239. The number of sulfone groups is 1. The third kappa shape index (κ3) is 5.20. The van der Waals surface area contributed by atoms with E-state index in [1.807, 2.05) is 0 Å². The second-order valence-corrected chi connectivity index (χ2v) is 7.77. The summed E-state index contributed by atoms with van der Waals surface area (Å²) in [6, 6.07) is 0. The van der Waals surface area contributed by atoms with Crippen LogP contribution in [0, 0.1) is 0 Å². The topological polar surface area (TPSA) is 34.1 Å². The Hall–Kier alpha value is 0.240. The molecule has 0 fully saturated rings. The summed E-state index contributed by atoms with van der Waals surface area (Å²) in [5.74, 6) is 0.977. The zero-order valence-electron chi connectivity index (χ0n) is 9.35. The van der Waals surface area contributed by atoms with Crippen LogP contribution in [0.5, 0.6) is 0 Å². The zero-order chi connectivity index (χ0) is 11.2. The largest absolute Gasteiger partial charge is 0.228 e. The van der Waals surface area contributed by atoms with Crippen LogP contribution >= 0.6 is 11.6 Å². The lowest BCUT2D eigenvalue weighted by Gasteiger charge is -2.18. The van der Waals surface area contributed by atoms with Crippen LogP contribution < -0.4 is 0 Å². The highest BCUT2D eigenvalue weighted by atomic mass is 35.5. The molecule has 0 spiro atoms. The molecule has 0 rings (SSSR count). The number of rotatable bonds is 6. The molecule has 0 aromatic rings. The number of halogens is 1. The Labute approximate surface area is 93.0 Å². The van der Waals surface area contributed by atoms with Crippen LogP contribution in [-0.2, 0) is 9.84 Å². The molecule has 86 valence electrons. The average Bonchev–Trinajstić information content (AvgIpc) is 2.02. The number of alkyl halides is 1. The minimum atomic E-state index is -2.92. The van der Waals surface area contributed by atoms with E-state index in [0.29, 0.717) is 11.6 Å². The van der Waals surface area contributed by atoms with Crippen molar-refractivity contribution in [2.45, 2.75) is 51.2 Å². The Kier molecular flexibility index (Phi) is 6.06. The zero-order valence-corrected chi connectivity index (χ0v) is 10.9. The van der Waals surface area contributed by atoms with Gasteiger partial charge in [-0.05, 0) is 33.6 Å². The van der Waals surface area contributed by atoms with Crippen molar-refractivity contribution in [1.82, 2.24) is 0 Å². The Balaban J connectivity index is 3.80. The minimum Gasteiger partial charge on any atom is -0.228 e. The molecule has 0 aliphatic heterocycles. The summed E-state index contributed by atoms with van der Waals surface area (Å²) in [5, 5.41) is 0. The lowest BCUT2D eigenvalue weighted by atomic mass is 10.2. The number of unbranched alkanes of at least 4 members (excludes halogenated alkanes) is 3. The smallest absolute Gasteiger partial charge is 0.155 e. The maximum Gasteiger partial charge on any atom is 0.155 e. The van der Waals surface area contributed by atoms with Gasteiger partial charge in [-0.3, -0.25) is 0 Å². The van der Waals surface area contributed by atoms with Crippen molar-refractivity contribution in [2.75, 3.05) is 11.6 Å². The molecule has 0 aliphatic rings. The van der Waals surface area contributed by atoms with Gasteiger partial charge in [-0.1, -0.05) is 12.8 Å². The first-order valence-electron chi connectivity index (χ1n) is 5.09. The molecule has 2 nitrogen and oxygen atoms in total. The minimum absolute atomic E-state index is 0.304. The molecule has 0 atom stereocenters. The fraction of sp³-hybridized carbons (Fsp3) is 1.00. The number of hydrogen-bond donors (Lipinski definition) is 0. The molecule has 0 bridgehead atoms. The first kappa shape index (κ1) is 14.2. The third-order valence-electron chi connectivity index (χ3n) is 2.23. The first-order chi connectivity index (χ1) is 6.31. The summed E-state index contributed by atoms with van der Waals surface area (Å²) in [7, 11) is -2.92. The summed E-state index contributed by atoms with van der Waals surface area (Å²) < 4.78 is 22.7. The van der Waals surface area contributed by atoms with Crippen molar-refractivity contribution >= 4 is 21.4 Å². The molecule has 0 aromatic carbocycles. The van der Waals surface area contributed by atoms with E-state index in [4.69, 9.17) is 11.6 Å². The van der Waals surface area contributed by atoms with Crippen LogP contribution in [0.3, 0.4) is 0 Å². The molecular weight excluding hydrogens is 220 g/mol. The van der Waals surface area contributed by atoms with Crippen molar-refractivity contribution < 1.29 is 8.42 Å². The summed E-state index contributed by atoms with van der Waals surface area (Å²) >= 11 is 5.52. The SMILES string of the molecule is CC(C)(C)S(=O)(=O)CCCCCCCl. The van der Waals surface area contributed by atoms with Crippen LogP contribution in [0.15, 0.2) is 0 Å². The molecule has 0 unspecified atom stereocenters. The van der Waals surface area contributed by atoms with Gasteiger partial charge < -0.3 is 0 Å². The van der Waals surface area contributed by atoms with Crippen molar-refractivity contribution in [2.24, 2.45) is 0 Å². The fourth-order valence-corrected chi connectivity index (χ4v) is 2.43. The molecule has 0 aromatic heterocycles. The van der Waals surface area contributed by atoms with E-state index in [9.17, 15) is 8.42 Å². The van der Waals surface area contributed by atoms with E-state index in [-0.39, 0.29) is 0 Å². The van der Waals surface area contributed by atoms with Gasteiger partial charge in [0.25, 0.3) is 0 Å². The predicted octanol–water partition coefficient (Wildman–Crippen LogP) is 3.00. The molecule has 0 N–H and O–H groups in total. The Morgan fingerprint density at radius 3 is 1.93 bits per heavy atom. The standard InChI is InChI=1S/C10H21ClO2S/c1-10(2,3)14(12,13)9-7-5-4-6-8-11/h4-9H2,1-3H3. The van der Waals surface area contributed by atoms with Gasteiger partial charge in [0.2, 0.25) is 0 Å². The van der Waals surface area contributed by atoms with Crippen molar-refractivity contribution in [3.05, 3.63) is 0 Å². The fourth-order valence-electron chi connectivity index (χ4n) is 1.05. The maximum absolute atomic E-state index is 11.7. The van der Waals surface area contributed by atoms with Crippen LogP contribution in [0.25, 0.3) is 0 Å². The molecule has 0 saturated heterocycles. The lowest BCUT2D eigenvalue weighted by Crippen LogP contribution is -2.30. The summed E-state index contributed by atoms with van der Waals surface area (Å²) in [4.78, 5) is 0. The molecule has 4 heteroatoms. The van der Waals surface area contributed by atoms with Crippen LogP contribution in [0.1, 0.15) is 46.5 Å². The normalized spacial score (nSPS) is 13.1. The lowest BCUT2D eigenvalue weighted by molar-refractivity contribution is 0.554. The highest BCUT2D eigenvalue weighted by Crippen LogP contribution is 2.17. The van der Waals surface area contributed by atoms with Crippen LogP contribution in [-0.4, -0.2) is 24.8 Å². The molecule has 0 heterocycles. The second kappa shape index (κ2) is 5.96. The molecular formula is C10H21ClO2S. The Morgan fingerprint density at radius 1 is 1.00 bits per heavy atom. The van der Waals surface area contributed by atoms with E-state index in [1.54, 1.807) is 20.8 Å². The van der Waals surface area contributed by atoms with E-state index in [2.05, 4.69) is 0 Å². The molecule has 0 radical (unpaired) electrons. The van der Waals surface area contributed by atoms with E-state index >= 15 is 0 Å². The van der Waals surface area contributed by atoms with Gasteiger partial charge in [-0.15, -0.1) is 11.6 Å². The van der Waals surface area contributed by atoms with E-state index < -0.39 is 14.6 Å². The van der Waals surface area contributed by atoms with Crippen molar-refractivity contribution in [3.63, 3.8) is 0 Å². The van der Waals surface area contributed by atoms with Gasteiger partial charge in [0.05, 0.1) is 10.5 Å². The quantitative estimate of drug-likeness (QED) is 0.528. The second-order valence-electron chi connectivity index (χ2n) is 4.53. The van der Waals surface area contributed by atoms with Gasteiger partial charge in [-0.2, -0.15) is 0 Å². The van der Waals surface area contributed by atoms with Crippen molar-refractivity contribution in [1.29, 1.82) is 0 Å². The monoisotopic (exact) mass is 240 g/mol. The molecule has 0 amide bonds. The maximum atomic E-state index is 11.7.